The molecule has 0 aliphatic carbocycles. The molecule has 46 heavy (non-hydrogen) atoms. The molecular formula is C43H25NO2. The summed E-state index contributed by atoms with van der Waals surface area (Å²) >= 11 is 0. The van der Waals surface area contributed by atoms with Gasteiger partial charge in [0.05, 0.1) is 11.6 Å². The van der Waals surface area contributed by atoms with E-state index < -0.39 is 0 Å². The average Bonchev–Trinajstić information content (AvgIpc) is 3.69. The van der Waals surface area contributed by atoms with Gasteiger partial charge in [0.15, 0.2) is 0 Å². The number of furan rings is 2. The highest BCUT2D eigenvalue weighted by Crippen LogP contribution is 2.44. The van der Waals surface area contributed by atoms with Gasteiger partial charge in [0, 0.05) is 21.5 Å². The Kier molecular flexibility index (Phi) is 5.88. The zero-order valence-electron chi connectivity index (χ0n) is 24.7. The molecular weight excluding hydrogens is 562 g/mol. The number of hydrogen-bond acceptors (Lipinski definition) is 3. The molecule has 0 aliphatic rings. The standard InChI is InChI=1S/C43H25NO2/c44-26-31-23-30(17-20-32(31)27-9-2-1-3-10-27)43-33(28-18-21-41-37(24-28)35-11-4-6-15-39(35)45-41)13-8-14-34(43)29-19-22-42-38(25-29)36-12-5-7-16-40(36)46-42/h1-25H. The fourth-order valence-electron chi connectivity index (χ4n) is 6.79. The van der Waals surface area contributed by atoms with Crippen molar-refractivity contribution in [2.75, 3.05) is 0 Å². The lowest BCUT2D eigenvalue weighted by atomic mass is 9.85. The van der Waals surface area contributed by atoms with Gasteiger partial charge in [-0.25, -0.2) is 0 Å². The monoisotopic (exact) mass is 587 g/mol. The number of hydrogen-bond donors (Lipinski definition) is 0. The van der Waals surface area contributed by atoms with Gasteiger partial charge in [-0.3, -0.25) is 0 Å². The van der Waals surface area contributed by atoms with E-state index in [0.29, 0.717) is 5.56 Å². The van der Waals surface area contributed by atoms with Crippen LogP contribution in [-0.2, 0) is 0 Å². The number of benzene rings is 7. The van der Waals surface area contributed by atoms with E-state index in [4.69, 9.17) is 8.83 Å². The molecule has 0 radical (unpaired) electrons. The van der Waals surface area contributed by atoms with Gasteiger partial charge in [-0.05, 0) is 87.0 Å². The quantitative estimate of drug-likeness (QED) is 0.206. The maximum Gasteiger partial charge on any atom is 0.135 e. The van der Waals surface area contributed by atoms with Crippen molar-refractivity contribution < 1.29 is 8.83 Å². The SMILES string of the molecule is N#Cc1cc(-c2c(-c3ccc4oc5ccccc5c4c3)cccc2-c2ccc3oc4ccccc4c3c2)ccc1-c1ccccc1. The van der Waals surface area contributed by atoms with Crippen LogP contribution in [0.4, 0.5) is 0 Å². The first kappa shape index (κ1) is 26.1. The Morgan fingerprint density at radius 1 is 0.370 bits per heavy atom. The smallest absolute Gasteiger partial charge is 0.135 e. The van der Waals surface area contributed by atoms with E-state index in [1.807, 2.05) is 72.8 Å². The Hall–Kier alpha value is -6.37. The van der Waals surface area contributed by atoms with Crippen molar-refractivity contribution in [2.24, 2.45) is 0 Å². The maximum absolute atomic E-state index is 10.3. The summed E-state index contributed by atoms with van der Waals surface area (Å²) in [6, 6.07) is 54.4. The highest BCUT2D eigenvalue weighted by molar-refractivity contribution is 6.09. The van der Waals surface area contributed by atoms with Crippen molar-refractivity contribution in [3.8, 4) is 50.6 Å². The van der Waals surface area contributed by atoms with E-state index >= 15 is 0 Å². The molecule has 0 saturated heterocycles. The molecule has 9 rings (SSSR count). The van der Waals surface area contributed by atoms with E-state index in [0.717, 1.165) is 88.4 Å². The molecule has 214 valence electrons. The maximum atomic E-state index is 10.3. The number of para-hydroxylation sites is 2. The van der Waals surface area contributed by atoms with Gasteiger partial charge in [0.1, 0.15) is 22.3 Å². The summed E-state index contributed by atoms with van der Waals surface area (Å²) in [6.07, 6.45) is 0. The summed E-state index contributed by atoms with van der Waals surface area (Å²) in [4.78, 5) is 0. The zero-order valence-corrected chi connectivity index (χ0v) is 24.7. The molecule has 3 nitrogen and oxygen atoms in total. The molecule has 2 aromatic heterocycles. The van der Waals surface area contributed by atoms with Gasteiger partial charge in [0.2, 0.25) is 0 Å². The number of rotatable bonds is 4. The molecule has 0 saturated carbocycles. The minimum absolute atomic E-state index is 0.636. The highest BCUT2D eigenvalue weighted by Gasteiger charge is 2.19. The third kappa shape index (κ3) is 4.13. The molecule has 0 amide bonds. The second-order valence-electron chi connectivity index (χ2n) is 11.6. The Balaban J connectivity index is 1.31. The lowest BCUT2D eigenvalue weighted by Crippen LogP contribution is -1.93. The Morgan fingerprint density at radius 2 is 0.891 bits per heavy atom. The van der Waals surface area contributed by atoms with E-state index in [9.17, 15) is 5.26 Å². The van der Waals surface area contributed by atoms with Crippen LogP contribution >= 0.6 is 0 Å². The van der Waals surface area contributed by atoms with Crippen LogP contribution in [-0.4, -0.2) is 0 Å². The van der Waals surface area contributed by atoms with Crippen LogP contribution in [0.15, 0.2) is 160 Å². The normalized spacial score (nSPS) is 11.5. The van der Waals surface area contributed by atoms with E-state index in [-0.39, 0.29) is 0 Å². The van der Waals surface area contributed by atoms with Crippen LogP contribution in [0.25, 0.3) is 88.4 Å². The first-order valence-electron chi connectivity index (χ1n) is 15.3. The predicted octanol–water partition coefficient (Wildman–Crippen LogP) is 12.0. The Labute approximate surface area is 265 Å². The third-order valence-electron chi connectivity index (χ3n) is 8.95. The minimum Gasteiger partial charge on any atom is -0.456 e. The van der Waals surface area contributed by atoms with E-state index in [1.54, 1.807) is 0 Å². The van der Waals surface area contributed by atoms with Gasteiger partial charge in [-0.15, -0.1) is 0 Å². The fraction of sp³-hybridized carbons (Fsp3) is 0. The minimum atomic E-state index is 0.636. The van der Waals surface area contributed by atoms with Crippen molar-refractivity contribution in [3.63, 3.8) is 0 Å². The highest BCUT2D eigenvalue weighted by atomic mass is 16.3. The topological polar surface area (TPSA) is 50.1 Å². The zero-order chi connectivity index (χ0) is 30.6. The first-order chi connectivity index (χ1) is 22.7. The van der Waals surface area contributed by atoms with Gasteiger partial charge >= 0.3 is 0 Å². The van der Waals surface area contributed by atoms with Crippen molar-refractivity contribution in [3.05, 3.63) is 157 Å². The second-order valence-corrected chi connectivity index (χ2v) is 11.6. The van der Waals surface area contributed by atoms with E-state index in [2.05, 4.69) is 84.9 Å². The predicted molar refractivity (Wildman–Crippen MR) is 187 cm³/mol. The number of nitriles is 1. The summed E-state index contributed by atoms with van der Waals surface area (Å²) in [5.41, 5.74) is 12.4. The summed E-state index contributed by atoms with van der Waals surface area (Å²) in [5.74, 6) is 0. The molecule has 0 fully saturated rings. The van der Waals surface area contributed by atoms with Gasteiger partial charge in [-0.1, -0.05) is 109 Å². The van der Waals surface area contributed by atoms with Crippen LogP contribution in [0.3, 0.4) is 0 Å². The van der Waals surface area contributed by atoms with Crippen LogP contribution in [0.5, 0.6) is 0 Å². The molecule has 9 aromatic rings. The molecule has 0 atom stereocenters. The van der Waals surface area contributed by atoms with Crippen molar-refractivity contribution in [1.29, 1.82) is 5.26 Å². The largest absolute Gasteiger partial charge is 0.456 e. The molecule has 3 heteroatoms. The molecule has 7 aromatic carbocycles. The molecule has 0 unspecified atom stereocenters. The van der Waals surface area contributed by atoms with Gasteiger partial charge < -0.3 is 8.83 Å². The van der Waals surface area contributed by atoms with Gasteiger partial charge in [0.25, 0.3) is 0 Å². The number of fused-ring (bicyclic) bond motifs is 6. The lowest BCUT2D eigenvalue weighted by molar-refractivity contribution is 0.668. The molecule has 0 N–H and O–H groups in total. The molecule has 2 heterocycles. The summed E-state index contributed by atoms with van der Waals surface area (Å²) < 4.78 is 12.3. The summed E-state index contributed by atoms with van der Waals surface area (Å²) in [5, 5.41) is 14.7. The van der Waals surface area contributed by atoms with Gasteiger partial charge in [-0.2, -0.15) is 5.26 Å². The van der Waals surface area contributed by atoms with Crippen molar-refractivity contribution in [1.82, 2.24) is 0 Å². The Bertz CT molecular complexity index is 2520. The molecule has 0 aliphatic heterocycles. The van der Waals surface area contributed by atoms with E-state index in [1.165, 1.54) is 0 Å². The van der Waals surface area contributed by atoms with Crippen LogP contribution in [0.1, 0.15) is 5.56 Å². The average molecular weight is 588 g/mol. The Morgan fingerprint density at radius 3 is 1.48 bits per heavy atom. The number of nitrogens with zero attached hydrogens (tertiary/aromatic N) is 1. The van der Waals surface area contributed by atoms with Crippen LogP contribution in [0, 0.1) is 11.3 Å². The second kappa shape index (κ2) is 10.4. The fourth-order valence-corrected chi connectivity index (χ4v) is 6.79. The van der Waals surface area contributed by atoms with Crippen LogP contribution in [0.2, 0.25) is 0 Å². The third-order valence-corrected chi connectivity index (χ3v) is 8.95. The summed E-state index contributed by atoms with van der Waals surface area (Å²) in [7, 11) is 0. The molecule has 0 spiro atoms. The van der Waals surface area contributed by atoms with Crippen molar-refractivity contribution in [2.45, 2.75) is 0 Å². The molecule has 0 bridgehead atoms. The lowest BCUT2D eigenvalue weighted by Gasteiger charge is -2.18. The first-order valence-corrected chi connectivity index (χ1v) is 15.3. The van der Waals surface area contributed by atoms with Crippen molar-refractivity contribution >= 4 is 43.9 Å². The summed E-state index contributed by atoms with van der Waals surface area (Å²) in [6.45, 7) is 0. The van der Waals surface area contributed by atoms with Crippen LogP contribution < -0.4 is 0 Å².